The van der Waals surface area contributed by atoms with E-state index in [0.717, 1.165) is 0 Å². The van der Waals surface area contributed by atoms with Crippen LogP contribution in [-0.2, 0) is 0 Å². The molecule has 1 unspecified atom stereocenters. The van der Waals surface area contributed by atoms with E-state index in [1.807, 2.05) is 0 Å². The SMILES string of the molecule is CN1C=C(F)C=CC1N.Fc1cc(Br)c(Cl)cc1S. The van der Waals surface area contributed by atoms with Crippen molar-refractivity contribution in [3.05, 3.63) is 51.6 Å². The summed E-state index contributed by atoms with van der Waals surface area (Å²) in [7, 11) is 1.73. The van der Waals surface area contributed by atoms with Crippen molar-refractivity contribution in [2.45, 2.75) is 11.1 Å². The predicted octanol–water partition coefficient (Wildman–Crippen LogP) is 4.11. The van der Waals surface area contributed by atoms with E-state index in [1.165, 1.54) is 24.4 Å². The Morgan fingerprint density at radius 3 is 2.53 bits per heavy atom. The minimum Gasteiger partial charge on any atom is -0.359 e. The molecule has 0 amide bonds. The number of nitrogens with two attached hydrogens (primary N) is 1. The number of hydrogen-bond acceptors (Lipinski definition) is 3. The van der Waals surface area contributed by atoms with E-state index >= 15 is 0 Å². The molecule has 1 heterocycles. The van der Waals surface area contributed by atoms with Crippen molar-refractivity contribution in [2.75, 3.05) is 7.05 Å². The molecule has 1 aromatic carbocycles. The van der Waals surface area contributed by atoms with Crippen LogP contribution in [0, 0.1) is 5.82 Å². The van der Waals surface area contributed by atoms with Gasteiger partial charge in [0, 0.05) is 22.6 Å². The van der Waals surface area contributed by atoms with Gasteiger partial charge in [-0.15, -0.1) is 12.6 Å². The van der Waals surface area contributed by atoms with Crippen LogP contribution in [0.25, 0.3) is 0 Å². The first kappa shape index (κ1) is 16.5. The quantitative estimate of drug-likeness (QED) is 0.532. The van der Waals surface area contributed by atoms with Crippen LogP contribution in [0.15, 0.2) is 45.7 Å². The van der Waals surface area contributed by atoms with Gasteiger partial charge in [0.25, 0.3) is 0 Å². The lowest BCUT2D eigenvalue weighted by molar-refractivity contribution is 0.373. The zero-order valence-electron chi connectivity index (χ0n) is 9.95. The summed E-state index contributed by atoms with van der Waals surface area (Å²) in [6.07, 6.45) is 4.16. The average Bonchev–Trinajstić information content (AvgIpc) is 2.33. The van der Waals surface area contributed by atoms with Crippen molar-refractivity contribution in [1.29, 1.82) is 0 Å². The first-order valence-electron chi connectivity index (χ1n) is 5.18. The van der Waals surface area contributed by atoms with Gasteiger partial charge in [-0.1, -0.05) is 11.6 Å². The molecular weight excluding hydrogens is 358 g/mol. The van der Waals surface area contributed by atoms with Gasteiger partial charge in [0.05, 0.1) is 11.2 Å². The number of halogens is 4. The second-order valence-electron chi connectivity index (χ2n) is 3.75. The smallest absolute Gasteiger partial charge is 0.138 e. The van der Waals surface area contributed by atoms with E-state index < -0.39 is 0 Å². The van der Waals surface area contributed by atoms with Gasteiger partial charge in [0.15, 0.2) is 0 Å². The molecule has 7 heteroatoms. The monoisotopic (exact) mass is 368 g/mol. The largest absolute Gasteiger partial charge is 0.359 e. The van der Waals surface area contributed by atoms with Crippen molar-refractivity contribution < 1.29 is 8.78 Å². The van der Waals surface area contributed by atoms with Crippen molar-refractivity contribution >= 4 is 40.2 Å². The fourth-order valence-corrected chi connectivity index (χ4v) is 1.91. The van der Waals surface area contributed by atoms with E-state index in [-0.39, 0.29) is 22.7 Å². The molecule has 0 aromatic heterocycles. The first-order chi connectivity index (χ1) is 8.81. The van der Waals surface area contributed by atoms with Crippen LogP contribution in [-0.4, -0.2) is 18.1 Å². The molecule has 0 aliphatic carbocycles. The molecule has 0 radical (unpaired) electrons. The maximum Gasteiger partial charge on any atom is 0.138 e. The summed E-state index contributed by atoms with van der Waals surface area (Å²) in [6, 6.07) is 2.73. The number of benzene rings is 1. The average molecular weight is 370 g/mol. The molecule has 0 saturated heterocycles. The molecule has 1 atom stereocenters. The minimum absolute atomic E-state index is 0.176. The molecule has 0 saturated carbocycles. The Balaban J connectivity index is 0.000000191. The normalized spacial score (nSPS) is 17.7. The van der Waals surface area contributed by atoms with Gasteiger partial charge in [0.2, 0.25) is 0 Å². The second-order valence-corrected chi connectivity index (χ2v) is 5.49. The van der Waals surface area contributed by atoms with Gasteiger partial charge in [-0.3, -0.25) is 0 Å². The number of nitrogens with zero attached hydrogens (tertiary/aromatic N) is 1. The van der Waals surface area contributed by atoms with E-state index in [2.05, 4.69) is 28.6 Å². The summed E-state index contributed by atoms with van der Waals surface area (Å²) in [6.45, 7) is 0. The maximum atomic E-state index is 12.6. The third-order valence-electron chi connectivity index (χ3n) is 2.24. The van der Waals surface area contributed by atoms with Crippen molar-refractivity contribution in [2.24, 2.45) is 5.73 Å². The van der Waals surface area contributed by atoms with Crippen molar-refractivity contribution in [3.63, 3.8) is 0 Å². The van der Waals surface area contributed by atoms with E-state index in [0.29, 0.717) is 9.50 Å². The molecule has 19 heavy (non-hydrogen) atoms. The van der Waals surface area contributed by atoms with Gasteiger partial charge >= 0.3 is 0 Å². The highest BCUT2D eigenvalue weighted by molar-refractivity contribution is 9.10. The van der Waals surface area contributed by atoms with E-state index in [1.54, 1.807) is 18.0 Å². The van der Waals surface area contributed by atoms with Crippen LogP contribution in [0.1, 0.15) is 0 Å². The summed E-state index contributed by atoms with van der Waals surface area (Å²) >= 11 is 12.5. The van der Waals surface area contributed by atoms with Gasteiger partial charge < -0.3 is 10.6 Å². The second kappa shape index (κ2) is 7.28. The fourth-order valence-electron chi connectivity index (χ4n) is 1.16. The Morgan fingerprint density at radius 1 is 1.42 bits per heavy atom. The molecule has 2 N–H and O–H groups in total. The Labute approximate surface area is 129 Å². The molecule has 2 rings (SSSR count). The molecular formula is C12H12BrClF2N2S. The number of thiol groups is 1. The number of rotatable bonds is 0. The first-order valence-corrected chi connectivity index (χ1v) is 6.79. The van der Waals surface area contributed by atoms with Crippen molar-refractivity contribution in [1.82, 2.24) is 4.90 Å². The lowest BCUT2D eigenvalue weighted by Crippen LogP contribution is -2.35. The third kappa shape index (κ3) is 5.14. The Kier molecular flexibility index (Phi) is 6.32. The standard InChI is InChI=1S/C6H3BrClFS.C6H9FN2/c7-3-1-5(9)6(10)2-4(3)8;1-9-4-5(7)2-3-6(9)8/h1-2,10H;2-4,6H,8H2,1H3. The molecule has 0 spiro atoms. The Bertz CT molecular complexity index is 472. The Hall–Kier alpha value is -0.560. The van der Waals surface area contributed by atoms with Crippen LogP contribution >= 0.6 is 40.2 Å². The van der Waals surface area contributed by atoms with E-state index in [9.17, 15) is 8.78 Å². The van der Waals surface area contributed by atoms with Crippen molar-refractivity contribution in [3.8, 4) is 0 Å². The highest BCUT2D eigenvalue weighted by atomic mass is 79.9. The summed E-state index contributed by atoms with van der Waals surface area (Å²) in [5, 5.41) is 0.464. The summed E-state index contributed by atoms with van der Waals surface area (Å²) in [4.78, 5) is 1.86. The molecule has 0 bridgehead atoms. The van der Waals surface area contributed by atoms with Gasteiger partial charge in [-0.25, -0.2) is 8.78 Å². The summed E-state index contributed by atoms with van der Waals surface area (Å²) in [5.74, 6) is -0.626. The Morgan fingerprint density at radius 2 is 2.05 bits per heavy atom. The van der Waals surface area contributed by atoms with Crippen LogP contribution in [0.3, 0.4) is 0 Å². The zero-order chi connectivity index (χ0) is 14.6. The summed E-state index contributed by atoms with van der Waals surface area (Å²) in [5.41, 5.74) is 5.47. The molecule has 1 aromatic rings. The van der Waals surface area contributed by atoms with Gasteiger partial charge in [0.1, 0.15) is 11.6 Å². The molecule has 1 aliphatic rings. The molecule has 104 valence electrons. The molecule has 0 fully saturated rings. The lowest BCUT2D eigenvalue weighted by atomic mass is 10.3. The van der Waals surface area contributed by atoms with Crippen LogP contribution in [0.2, 0.25) is 5.02 Å². The topological polar surface area (TPSA) is 29.3 Å². The number of allylic oxidation sites excluding steroid dienone is 2. The minimum atomic E-state index is -0.375. The van der Waals surface area contributed by atoms with Gasteiger partial charge in [-0.05, 0) is 40.2 Å². The number of hydrogen-bond donors (Lipinski definition) is 2. The van der Waals surface area contributed by atoms with E-state index in [4.69, 9.17) is 17.3 Å². The zero-order valence-corrected chi connectivity index (χ0v) is 13.2. The molecule has 1 aliphatic heterocycles. The highest BCUT2D eigenvalue weighted by Crippen LogP contribution is 2.26. The lowest BCUT2D eigenvalue weighted by Gasteiger charge is -2.22. The van der Waals surface area contributed by atoms with Crippen LogP contribution in [0.4, 0.5) is 8.78 Å². The molecule has 2 nitrogen and oxygen atoms in total. The van der Waals surface area contributed by atoms with Gasteiger partial charge in [-0.2, -0.15) is 0 Å². The van der Waals surface area contributed by atoms with Crippen LogP contribution < -0.4 is 5.73 Å². The summed E-state index contributed by atoms with van der Waals surface area (Å²) < 4.78 is 25.4. The third-order valence-corrected chi connectivity index (χ3v) is 3.78. The van der Waals surface area contributed by atoms with Crippen LogP contribution in [0.5, 0.6) is 0 Å². The fraction of sp³-hybridized carbons (Fsp3) is 0.167. The highest BCUT2D eigenvalue weighted by Gasteiger charge is 2.06. The maximum absolute atomic E-state index is 12.6. The number of likely N-dealkylation sites (N-methyl/N-ethyl adjacent to an activating group) is 1. The predicted molar refractivity (Wildman–Crippen MR) is 80.4 cm³/mol.